The van der Waals surface area contributed by atoms with Crippen molar-refractivity contribution in [3.05, 3.63) is 65.6 Å². The van der Waals surface area contributed by atoms with Gasteiger partial charge in [0.15, 0.2) is 0 Å². The number of fused-ring (bicyclic) bond motifs is 1. The standard InChI is InChI=1S/C15H16S.2C2H6/c1-5-11-13(6-2)16-14-10-8-7-9-12(14)15(11,3)4;2*1-2/h5-10H,1-2H2,3-4H3;2*1-2H3. The summed E-state index contributed by atoms with van der Waals surface area (Å²) in [7, 11) is 0. The van der Waals surface area contributed by atoms with E-state index in [0.717, 1.165) is 0 Å². The second-order valence-corrected chi connectivity index (χ2v) is 5.49. The van der Waals surface area contributed by atoms with Crippen LogP contribution in [0.15, 0.2) is 64.9 Å². The molecule has 0 aliphatic carbocycles. The first-order chi connectivity index (χ1) is 9.61. The van der Waals surface area contributed by atoms with Gasteiger partial charge in [-0.3, -0.25) is 0 Å². The first kappa shape index (κ1) is 18.8. The summed E-state index contributed by atoms with van der Waals surface area (Å²) in [5, 5.41) is 0. The Morgan fingerprint density at radius 3 is 2.00 bits per heavy atom. The molecule has 0 nitrogen and oxygen atoms in total. The Morgan fingerprint density at radius 1 is 0.950 bits per heavy atom. The van der Waals surface area contributed by atoms with E-state index in [4.69, 9.17) is 0 Å². The van der Waals surface area contributed by atoms with Gasteiger partial charge in [-0.05, 0) is 17.2 Å². The predicted molar refractivity (Wildman–Crippen MR) is 95.4 cm³/mol. The van der Waals surface area contributed by atoms with E-state index in [1.807, 2.05) is 39.8 Å². The van der Waals surface area contributed by atoms with Gasteiger partial charge in [0.2, 0.25) is 0 Å². The van der Waals surface area contributed by atoms with Gasteiger partial charge in [0.05, 0.1) is 0 Å². The number of rotatable bonds is 2. The fourth-order valence-corrected chi connectivity index (χ4v) is 3.55. The molecule has 20 heavy (non-hydrogen) atoms. The first-order valence-electron chi connectivity index (χ1n) is 7.38. The fraction of sp³-hybridized carbons (Fsp3) is 0.368. The lowest BCUT2D eigenvalue weighted by Gasteiger charge is -2.34. The molecule has 110 valence electrons. The molecule has 1 aliphatic heterocycles. The van der Waals surface area contributed by atoms with Crippen LogP contribution in [0.25, 0.3) is 0 Å². The number of hydrogen-bond acceptors (Lipinski definition) is 1. The highest BCUT2D eigenvalue weighted by Crippen LogP contribution is 2.48. The molecule has 0 spiro atoms. The summed E-state index contributed by atoms with van der Waals surface area (Å²) in [4.78, 5) is 2.55. The van der Waals surface area contributed by atoms with Crippen molar-refractivity contribution in [2.75, 3.05) is 0 Å². The maximum absolute atomic E-state index is 3.93. The molecular formula is C19H28S. The molecule has 0 fully saturated rings. The van der Waals surface area contributed by atoms with Crippen LogP contribution in [-0.4, -0.2) is 0 Å². The van der Waals surface area contributed by atoms with Crippen molar-refractivity contribution in [3.63, 3.8) is 0 Å². The molecule has 1 aromatic carbocycles. The van der Waals surface area contributed by atoms with Crippen molar-refractivity contribution >= 4 is 11.8 Å². The fourth-order valence-electron chi connectivity index (χ4n) is 2.21. The third kappa shape index (κ3) is 3.67. The average molecular weight is 289 g/mol. The van der Waals surface area contributed by atoms with Gasteiger partial charge in [0, 0.05) is 15.2 Å². The third-order valence-electron chi connectivity index (χ3n) is 3.11. The molecule has 1 heterocycles. The van der Waals surface area contributed by atoms with Crippen LogP contribution in [0, 0.1) is 0 Å². The summed E-state index contributed by atoms with van der Waals surface area (Å²) in [6.45, 7) is 20.3. The highest BCUT2D eigenvalue weighted by molar-refractivity contribution is 8.03. The minimum absolute atomic E-state index is 0.0209. The van der Waals surface area contributed by atoms with E-state index in [2.05, 4.69) is 51.3 Å². The summed E-state index contributed by atoms with van der Waals surface area (Å²) < 4.78 is 0. The molecule has 2 rings (SSSR count). The molecule has 1 aromatic rings. The topological polar surface area (TPSA) is 0 Å². The zero-order valence-corrected chi connectivity index (χ0v) is 14.6. The highest BCUT2D eigenvalue weighted by Gasteiger charge is 2.32. The third-order valence-corrected chi connectivity index (χ3v) is 4.29. The van der Waals surface area contributed by atoms with E-state index in [1.54, 1.807) is 11.8 Å². The van der Waals surface area contributed by atoms with Crippen LogP contribution in [0.5, 0.6) is 0 Å². The van der Waals surface area contributed by atoms with Gasteiger partial charge in [-0.25, -0.2) is 0 Å². The van der Waals surface area contributed by atoms with Crippen LogP contribution in [0.3, 0.4) is 0 Å². The number of thioether (sulfide) groups is 1. The van der Waals surface area contributed by atoms with Gasteiger partial charge in [-0.1, -0.05) is 96.8 Å². The molecule has 0 saturated carbocycles. The summed E-state index contributed by atoms with van der Waals surface area (Å²) in [5.41, 5.74) is 2.67. The largest absolute Gasteiger partial charge is 0.0987 e. The Morgan fingerprint density at radius 2 is 1.50 bits per heavy atom. The molecule has 0 aromatic heterocycles. The van der Waals surface area contributed by atoms with Crippen molar-refractivity contribution < 1.29 is 0 Å². The summed E-state index contributed by atoms with van der Waals surface area (Å²) >= 11 is 1.78. The zero-order valence-electron chi connectivity index (χ0n) is 13.8. The summed E-state index contributed by atoms with van der Waals surface area (Å²) in [6.07, 6.45) is 3.89. The Kier molecular flexibility index (Phi) is 8.33. The molecule has 0 atom stereocenters. The lowest BCUT2D eigenvalue weighted by atomic mass is 9.77. The van der Waals surface area contributed by atoms with Crippen molar-refractivity contribution in [2.45, 2.75) is 51.9 Å². The number of hydrogen-bond donors (Lipinski definition) is 0. The number of benzene rings is 1. The maximum Gasteiger partial charge on any atom is 0.0168 e. The van der Waals surface area contributed by atoms with Crippen molar-refractivity contribution in [2.24, 2.45) is 0 Å². The minimum atomic E-state index is 0.0209. The van der Waals surface area contributed by atoms with Crippen LogP contribution in [0.2, 0.25) is 0 Å². The van der Waals surface area contributed by atoms with Crippen LogP contribution in [0.1, 0.15) is 47.1 Å². The quantitative estimate of drug-likeness (QED) is 0.580. The molecule has 0 radical (unpaired) electrons. The maximum atomic E-state index is 3.93. The Labute approximate surface area is 129 Å². The molecule has 0 unspecified atom stereocenters. The van der Waals surface area contributed by atoms with Gasteiger partial charge < -0.3 is 0 Å². The van der Waals surface area contributed by atoms with E-state index in [0.29, 0.717) is 0 Å². The smallest absolute Gasteiger partial charge is 0.0168 e. The van der Waals surface area contributed by atoms with Gasteiger partial charge >= 0.3 is 0 Å². The van der Waals surface area contributed by atoms with E-state index in [9.17, 15) is 0 Å². The van der Waals surface area contributed by atoms with Gasteiger partial charge in [-0.15, -0.1) is 0 Å². The Balaban J connectivity index is 0.000000829. The Hall–Kier alpha value is -1.21. The van der Waals surface area contributed by atoms with Crippen molar-refractivity contribution in [1.29, 1.82) is 0 Å². The molecule has 0 N–H and O–H groups in total. The van der Waals surface area contributed by atoms with Crippen LogP contribution in [-0.2, 0) is 5.41 Å². The second-order valence-electron chi connectivity index (χ2n) is 4.41. The SMILES string of the molecule is C=CC1=C(C=C)C(C)(C)c2ccccc2S1.CC.CC. The minimum Gasteiger partial charge on any atom is -0.0987 e. The van der Waals surface area contributed by atoms with E-state index >= 15 is 0 Å². The summed E-state index contributed by atoms with van der Waals surface area (Å²) in [6, 6.07) is 8.55. The first-order valence-corrected chi connectivity index (χ1v) is 8.20. The van der Waals surface area contributed by atoms with Crippen molar-refractivity contribution in [3.8, 4) is 0 Å². The van der Waals surface area contributed by atoms with Gasteiger partial charge in [0.25, 0.3) is 0 Å². The lowest BCUT2D eigenvalue weighted by molar-refractivity contribution is 0.621. The highest BCUT2D eigenvalue weighted by atomic mass is 32.2. The molecule has 1 aliphatic rings. The molecular weight excluding hydrogens is 260 g/mol. The van der Waals surface area contributed by atoms with Gasteiger partial charge in [-0.2, -0.15) is 0 Å². The van der Waals surface area contributed by atoms with E-state index in [-0.39, 0.29) is 5.41 Å². The van der Waals surface area contributed by atoms with Crippen LogP contribution < -0.4 is 0 Å². The van der Waals surface area contributed by atoms with Crippen LogP contribution in [0.4, 0.5) is 0 Å². The van der Waals surface area contributed by atoms with Crippen molar-refractivity contribution in [1.82, 2.24) is 0 Å². The molecule has 0 saturated heterocycles. The Bertz CT molecular complexity index is 478. The number of allylic oxidation sites excluding steroid dienone is 3. The predicted octanol–water partition coefficient (Wildman–Crippen LogP) is 6.75. The van der Waals surface area contributed by atoms with E-state index < -0.39 is 0 Å². The summed E-state index contributed by atoms with van der Waals surface area (Å²) in [5.74, 6) is 0. The molecule has 0 amide bonds. The second kappa shape index (κ2) is 8.86. The molecule has 1 heteroatoms. The lowest BCUT2D eigenvalue weighted by Crippen LogP contribution is -2.23. The average Bonchev–Trinajstić information content (AvgIpc) is 2.50. The normalized spacial score (nSPS) is 14.9. The van der Waals surface area contributed by atoms with E-state index in [1.165, 1.54) is 20.9 Å². The zero-order chi connectivity index (χ0) is 15.8. The monoisotopic (exact) mass is 288 g/mol. The molecule has 0 bridgehead atoms. The van der Waals surface area contributed by atoms with Gasteiger partial charge in [0.1, 0.15) is 0 Å². The van der Waals surface area contributed by atoms with Crippen LogP contribution >= 0.6 is 11.8 Å².